The number of methoxy groups -OCH3 is 2. The molecule has 0 aromatic heterocycles. The molecule has 1 aliphatic rings. The maximum Gasteiger partial charge on any atom is 0.263 e. The fraction of sp³-hybridized carbons (Fsp3) is 0.143. The van der Waals surface area contributed by atoms with Crippen LogP contribution in [0.1, 0.15) is 5.56 Å². The molecule has 0 bridgehead atoms. The molecule has 3 N–H and O–H groups in total. The second-order valence-electron chi connectivity index (χ2n) is 6.39. The van der Waals surface area contributed by atoms with Crippen molar-refractivity contribution in [3.8, 4) is 17.2 Å². The Morgan fingerprint density at radius 2 is 1.75 bits per heavy atom. The van der Waals surface area contributed by atoms with Crippen molar-refractivity contribution in [1.82, 2.24) is 10.6 Å². The van der Waals surface area contributed by atoms with Gasteiger partial charge in [-0.1, -0.05) is 0 Å². The van der Waals surface area contributed by atoms with E-state index in [-0.39, 0.29) is 23.2 Å². The molecular formula is C21H18BrN3O6S. The summed E-state index contributed by atoms with van der Waals surface area (Å²) in [5.41, 5.74) is 0.980. The fourth-order valence-corrected chi connectivity index (χ4v) is 3.50. The van der Waals surface area contributed by atoms with E-state index in [9.17, 15) is 14.4 Å². The molecule has 0 unspecified atom stereocenters. The lowest BCUT2D eigenvalue weighted by atomic mass is 10.1. The van der Waals surface area contributed by atoms with Gasteiger partial charge < -0.3 is 19.5 Å². The van der Waals surface area contributed by atoms with Gasteiger partial charge in [0.15, 0.2) is 23.2 Å². The Labute approximate surface area is 197 Å². The average molecular weight is 520 g/mol. The zero-order chi connectivity index (χ0) is 23.3. The standard InChI is InChI=1S/C21H18BrN3O6S/c1-29-13-5-3-12(4-6-13)23-17(26)10-31-18-15(22)8-11(9-16(18)30-2)7-14-19(27)24-21(32)25-20(14)28/h3-9H,10H2,1-2H3,(H,23,26)(H2,24,25,27,28,32). The molecule has 2 aromatic carbocycles. The normalized spacial score (nSPS) is 13.1. The van der Waals surface area contributed by atoms with Gasteiger partial charge in [-0.3, -0.25) is 25.0 Å². The maximum atomic E-state index is 12.2. The second kappa shape index (κ2) is 10.2. The van der Waals surface area contributed by atoms with Gasteiger partial charge in [-0.2, -0.15) is 0 Å². The monoisotopic (exact) mass is 519 g/mol. The van der Waals surface area contributed by atoms with Crippen LogP contribution in [0.2, 0.25) is 0 Å². The lowest BCUT2D eigenvalue weighted by molar-refractivity contribution is -0.123. The van der Waals surface area contributed by atoms with E-state index in [1.807, 2.05) is 0 Å². The molecule has 0 radical (unpaired) electrons. The van der Waals surface area contributed by atoms with Crippen LogP contribution >= 0.6 is 28.1 Å². The number of rotatable bonds is 7. The number of hydrogen-bond acceptors (Lipinski definition) is 7. The topological polar surface area (TPSA) is 115 Å². The zero-order valence-electron chi connectivity index (χ0n) is 17.0. The van der Waals surface area contributed by atoms with E-state index in [2.05, 4.69) is 31.9 Å². The number of benzene rings is 2. The van der Waals surface area contributed by atoms with Gasteiger partial charge in [0.05, 0.1) is 18.7 Å². The summed E-state index contributed by atoms with van der Waals surface area (Å²) in [6, 6.07) is 10.1. The van der Waals surface area contributed by atoms with Crippen LogP contribution in [-0.4, -0.2) is 43.7 Å². The molecule has 1 aliphatic heterocycles. The first-order chi connectivity index (χ1) is 15.3. The summed E-state index contributed by atoms with van der Waals surface area (Å²) in [7, 11) is 2.99. The fourth-order valence-electron chi connectivity index (χ4n) is 2.75. The van der Waals surface area contributed by atoms with Gasteiger partial charge in [0, 0.05) is 5.69 Å². The Hall–Kier alpha value is -3.44. The summed E-state index contributed by atoms with van der Waals surface area (Å²) in [5, 5.41) is 7.40. The Morgan fingerprint density at radius 3 is 2.34 bits per heavy atom. The van der Waals surface area contributed by atoms with Crippen molar-refractivity contribution in [2.24, 2.45) is 0 Å². The lowest BCUT2D eigenvalue weighted by Gasteiger charge is -2.17. The van der Waals surface area contributed by atoms with Crippen molar-refractivity contribution in [2.45, 2.75) is 0 Å². The van der Waals surface area contributed by atoms with Crippen molar-refractivity contribution in [3.63, 3.8) is 0 Å². The van der Waals surface area contributed by atoms with Crippen LogP contribution < -0.4 is 30.2 Å². The minimum atomic E-state index is -0.607. The highest BCUT2D eigenvalue weighted by Gasteiger charge is 2.26. The molecule has 11 heteroatoms. The van der Waals surface area contributed by atoms with Crippen LogP contribution in [0, 0.1) is 0 Å². The van der Waals surface area contributed by atoms with Crippen molar-refractivity contribution >= 4 is 62.7 Å². The molecule has 3 amide bonds. The molecule has 2 aromatic rings. The summed E-state index contributed by atoms with van der Waals surface area (Å²) in [6.07, 6.45) is 1.39. The first-order valence-electron chi connectivity index (χ1n) is 9.13. The third-order valence-corrected chi connectivity index (χ3v) is 5.02. The van der Waals surface area contributed by atoms with E-state index in [1.165, 1.54) is 13.2 Å². The molecule has 0 atom stereocenters. The van der Waals surface area contributed by atoms with E-state index in [1.54, 1.807) is 43.5 Å². The predicted octanol–water partition coefficient (Wildman–Crippen LogP) is 2.40. The number of ether oxygens (including phenoxy) is 3. The quantitative estimate of drug-likeness (QED) is 0.292. The number of halogens is 1. The number of anilines is 1. The van der Waals surface area contributed by atoms with E-state index >= 15 is 0 Å². The van der Waals surface area contributed by atoms with Crippen LogP contribution in [0.4, 0.5) is 5.69 Å². The molecule has 1 fully saturated rings. The van der Waals surface area contributed by atoms with Gasteiger partial charge in [0.1, 0.15) is 11.3 Å². The van der Waals surface area contributed by atoms with Gasteiger partial charge in [0.25, 0.3) is 17.7 Å². The molecular weight excluding hydrogens is 502 g/mol. The molecule has 32 heavy (non-hydrogen) atoms. The average Bonchev–Trinajstić information content (AvgIpc) is 2.75. The number of nitrogens with one attached hydrogen (secondary N) is 3. The first kappa shape index (κ1) is 23.2. The zero-order valence-corrected chi connectivity index (χ0v) is 19.4. The van der Waals surface area contributed by atoms with Gasteiger partial charge in [-0.25, -0.2) is 0 Å². The summed E-state index contributed by atoms with van der Waals surface area (Å²) >= 11 is 8.16. The predicted molar refractivity (Wildman–Crippen MR) is 125 cm³/mol. The first-order valence-corrected chi connectivity index (χ1v) is 10.3. The summed E-state index contributed by atoms with van der Waals surface area (Å²) in [6.45, 7) is -0.274. The molecule has 0 spiro atoms. The highest BCUT2D eigenvalue weighted by atomic mass is 79.9. The highest BCUT2D eigenvalue weighted by Crippen LogP contribution is 2.37. The molecule has 1 heterocycles. The lowest BCUT2D eigenvalue weighted by Crippen LogP contribution is -2.51. The Balaban J connectivity index is 1.73. The van der Waals surface area contributed by atoms with Gasteiger partial charge in [0.2, 0.25) is 0 Å². The maximum absolute atomic E-state index is 12.2. The van der Waals surface area contributed by atoms with Crippen LogP contribution in [0.5, 0.6) is 17.2 Å². The number of amides is 3. The van der Waals surface area contributed by atoms with E-state index in [0.717, 1.165) is 0 Å². The smallest absolute Gasteiger partial charge is 0.263 e. The largest absolute Gasteiger partial charge is 0.497 e. The van der Waals surface area contributed by atoms with E-state index in [0.29, 0.717) is 33.0 Å². The third kappa shape index (κ3) is 5.62. The Bertz CT molecular complexity index is 1100. The summed E-state index contributed by atoms with van der Waals surface area (Å²) in [4.78, 5) is 36.3. The van der Waals surface area contributed by atoms with Crippen LogP contribution in [0.15, 0.2) is 46.4 Å². The van der Waals surface area contributed by atoms with Gasteiger partial charge in [-0.05, 0) is 76.2 Å². The Kier molecular flexibility index (Phi) is 7.44. The molecule has 0 aliphatic carbocycles. The van der Waals surface area contributed by atoms with Crippen molar-refractivity contribution in [1.29, 1.82) is 0 Å². The third-order valence-electron chi connectivity index (χ3n) is 4.23. The van der Waals surface area contributed by atoms with Crippen molar-refractivity contribution < 1.29 is 28.6 Å². The summed E-state index contributed by atoms with van der Waals surface area (Å²) in [5.74, 6) is -0.321. The molecule has 3 rings (SSSR count). The number of thiocarbonyl (C=S) groups is 1. The minimum Gasteiger partial charge on any atom is -0.497 e. The number of carbonyl (C=O) groups excluding carboxylic acids is 3. The molecule has 9 nitrogen and oxygen atoms in total. The van der Waals surface area contributed by atoms with Crippen LogP contribution in [0.25, 0.3) is 6.08 Å². The molecule has 0 saturated carbocycles. The second-order valence-corrected chi connectivity index (χ2v) is 7.66. The van der Waals surface area contributed by atoms with Crippen LogP contribution in [0.3, 0.4) is 0 Å². The van der Waals surface area contributed by atoms with Crippen molar-refractivity contribution in [3.05, 3.63) is 52.0 Å². The summed E-state index contributed by atoms with van der Waals surface area (Å²) < 4.78 is 16.5. The van der Waals surface area contributed by atoms with Crippen LogP contribution in [-0.2, 0) is 14.4 Å². The van der Waals surface area contributed by atoms with Gasteiger partial charge in [-0.15, -0.1) is 0 Å². The minimum absolute atomic E-state index is 0.0485. The number of hydrogen-bond donors (Lipinski definition) is 3. The van der Waals surface area contributed by atoms with Crippen molar-refractivity contribution in [2.75, 3.05) is 26.1 Å². The number of carbonyl (C=O) groups is 3. The molecule has 166 valence electrons. The Morgan fingerprint density at radius 1 is 1.09 bits per heavy atom. The SMILES string of the molecule is COc1ccc(NC(=O)COc2c(Br)cc(C=C3C(=O)NC(=S)NC3=O)cc2OC)cc1. The van der Waals surface area contributed by atoms with E-state index < -0.39 is 11.8 Å². The van der Waals surface area contributed by atoms with Gasteiger partial charge >= 0.3 is 0 Å². The highest BCUT2D eigenvalue weighted by molar-refractivity contribution is 9.10. The molecule has 1 saturated heterocycles. The van der Waals surface area contributed by atoms with E-state index in [4.69, 9.17) is 26.4 Å².